The molecule has 0 saturated carbocycles. The Kier molecular flexibility index (Phi) is 7.11. The maximum Gasteiger partial charge on any atom is 0.410 e. The molecule has 0 aromatic heterocycles. The van der Waals surface area contributed by atoms with Crippen molar-refractivity contribution in [1.82, 2.24) is 9.80 Å². The van der Waals surface area contributed by atoms with Crippen molar-refractivity contribution in [2.45, 2.75) is 20.5 Å². The summed E-state index contributed by atoms with van der Waals surface area (Å²) in [5.41, 5.74) is 2.70. The van der Waals surface area contributed by atoms with Crippen molar-refractivity contribution >= 4 is 17.7 Å². The standard InChI is InChI=1S/C23H29N3O3/c1-3-24(4-2)22(27)20-11-8-12-21(17-20)25-13-15-26(16-14-25)23(28)29-18-19-9-6-5-7-10-19/h5-12,17H,3-4,13-16,18H2,1-2H3. The molecule has 0 aliphatic carbocycles. The Morgan fingerprint density at radius 3 is 2.28 bits per heavy atom. The summed E-state index contributed by atoms with van der Waals surface area (Å²) < 4.78 is 5.43. The lowest BCUT2D eigenvalue weighted by atomic mass is 10.1. The van der Waals surface area contributed by atoms with Gasteiger partial charge >= 0.3 is 6.09 Å². The zero-order valence-electron chi connectivity index (χ0n) is 17.2. The molecule has 1 aliphatic rings. The lowest BCUT2D eigenvalue weighted by Crippen LogP contribution is -2.49. The van der Waals surface area contributed by atoms with Gasteiger partial charge in [-0.25, -0.2) is 4.79 Å². The van der Waals surface area contributed by atoms with Crippen LogP contribution in [-0.2, 0) is 11.3 Å². The Bertz CT molecular complexity index is 813. The quantitative estimate of drug-likeness (QED) is 0.750. The Labute approximate surface area is 172 Å². The molecule has 0 spiro atoms. The van der Waals surface area contributed by atoms with Crippen LogP contribution in [0, 0.1) is 0 Å². The molecule has 29 heavy (non-hydrogen) atoms. The first kappa shape index (κ1) is 20.7. The van der Waals surface area contributed by atoms with Gasteiger partial charge in [0.25, 0.3) is 5.91 Å². The molecule has 6 nitrogen and oxygen atoms in total. The van der Waals surface area contributed by atoms with Gasteiger partial charge in [-0.2, -0.15) is 0 Å². The normalized spacial score (nSPS) is 13.9. The third-order valence-electron chi connectivity index (χ3n) is 5.25. The van der Waals surface area contributed by atoms with E-state index in [-0.39, 0.29) is 18.6 Å². The minimum atomic E-state index is -0.279. The van der Waals surface area contributed by atoms with E-state index >= 15 is 0 Å². The van der Waals surface area contributed by atoms with E-state index in [4.69, 9.17) is 4.74 Å². The number of rotatable bonds is 6. The Morgan fingerprint density at radius 2 is 1.62 bits per heavy atom. The molecule has 1 fully saturated rings. The topological polar surface area (TPSA) is 53.1 Å². The molecule has 154 valence electrons. The number of ether oxygens (including phenoxy) is 1. The third-order valence-corrected chi connectivity index (χ3v) is 5.25. The molecule has 0 N–H and O–H groups in total. The van der Waals surface area contributed by atoms with Gasteiger partial charge in [-0.15, -0.1) is 0 Å². The number of amides is 2. The molecule has 1 aliphatic heterocycles. The van der Waals surface area contributed by atoms with E-state index in [0.717, 1.165) is 11.3 Å². The summed E-state index contributed by atoms with van der Waals surface area (Å²) in [6.45, 7) is 8.28. The van der Waals surface area contributed by atoms with Crippen molar-refractivity contribution < 1.29 is 14.3 Å². The maximum atomic E-state index is 12.6. The first-order chi connectivity index (χ1) is 14.1. The van der Waals surface area contributed by atoms with Crippen molar-refractivity contribution in [1.29, 1.82) is 0 Å². The van der Waals surface area contributed by atoms with Crippen LogP contribution in [-0.4, -0.2) is 61.1 Å². The predicted octanol–water partition coefficient (Wildman–Crippen LogP) is 3.63. The van der Waals surface area contributed by atoms with Crippen LogP contribution < -0.4 is 4.90 Å². The fourth-order valence-electron chi connectivity index (χ4n) is 3.49. The predicted molar refractivity (Wildman–Crippen MR) is 114 cm³/mol. The van der Waals surface area contributed by atoms with Crippen LogP contribution in [0.5, 0.6) is 0 Å². The smallest absolute Gasteiger partial charge is 0.410 e. The lowest BCUT2D eigenvalue weighted by molar-refractivity contribution is 0.0773. The molecule has 1 saturated heterocycles. The number of carbonyl (C=O) groups excluding carboxylic acids is 2. The van der Waals surface area contributed by atoms with Crippen molar-refractivity contribution in [2.75, 3.05) is 44.2 Å². The van der Waals surface area contributed by atoms with Gasteiger partial charge in [-0.3, -0.25) is 4.79 Å². The summed E-state index contributed by atoms with van der Waals surface area (Å²) in [5.74, 6) is 0.0555. The second-order valence-corrected chi connectivity index (χ2v) is 7.04. The second-order valence-electron chi connectivity index (χ2n) is 7.04. The van der Waals surface area contributed by atoms with E-state index in [2.05, 4.69) is 4.90 Å². The number of nitrogens with zero attached hydrogens (tertiary/aromatic N) is 3. The molecule has 1 heterocycles. The molecule has 0 unspecified atom stereocenters. The van der Waals surface area contributed by atoms with E-state index in [1.165, 1.54) is 0 Å². The summed E-state index contributed by atoms with van der Waals surface area (Å²) >= 11 is 0. The van der Waals surface area contributed by atoms with Gasteiger partial charge in [0.1, 0.15) is 6.61 Å². The Morgan fingerprint density at radius 1 is 0.931 bits per heavy atom. The summed E-state index contributed by atoms with van der Waals surface area (Å²) in [7, 11) is 0. The fraction of sp³-hybridized carbons (Fsp3) is 0.391. The number of hydrogen-bond acceptors (Lipinski definition) is 4. The second kappa shape index (κ2) is 9.96. The van der Waals surface area contributed by atoms with E-state index in [1.54, 1.807) is 4.90 Å². The van der Waals surface area contributed by atoms with Gasteiger partial charge in [0.05, 0.1) is 0 Å². The van der Waals surface area contributed by atoms with E-state index < -0.39 is 0 Å². The average molecular weight is 396 g/mol. The minimum Gasteiger partial charge on any atom is -0.445 e. The van der Waals surface area contributed by atoms with E-state index in [1.807, 2.05) is 73.3 Å². The highest BCUT2D eigenvalue weighted by atomic mass is 16.6. The molecular formula is C23H29N3O3. The summed E-state index contributed by atoms with van der Waals surface area (Å²) in [6, 6.07) is 17.4. The average Bonchev–Trinajstić information content (AvgIpc) is 2.79. The Hall–Kier alpha value is -3.02. The first-order valence-electron chi connectivity index (χ1n) is 10.2. The largest absolute Gasteiger partial charge is 0.445 e. The molecule has 0 radical (unpaired) electrons. The number of anilines is 1. The van der Waals surface area contributed by atoms with Crippen LogP contribution in [0.3, 0.4) is 0 Å². The van der Waals surface area contributed by atoms with Crippen molar-refractivity contribution in [3.8, 4) is 0 Å². The highest BCUT2D eigenvalue weighted by Crippen LogP contribution is 2.20. The number of piperazine rings is 1. The van der Waals surface area contributed by atoms with Crippen LogP contribution in [0.1, 0.15) is 29.8 Å². The van der Waals surface area contributed by atoms with Crippen molar-refractivity contribution in [3.63, 3.8) is 0 Å². The van der Waals surface area contributed by atoms with Gasteiger partial charge in [-0.1, -0.05) is 36.4 Å². The number of carbonyl (C=O) groups is 2. The lowest BCUT2D eigenvalue weighted by Gasteiger charge is -2.35. The number of hydrogen-bond donors (Lipinski definition) is 0. The monoisotopic (exact) mass is 395 g/mol. The SMILES string of the molecule is CCN(CC)C(=O)c1cccc(N2CCN(C(=O)OCc3ccccc3)CC2)c1. The van der Waals surface area contributed by atoms with Crippen molar-refractivity contribution in [2.24, 2.45) is 0 Å². The van der Waals surface area contributed by atoms with Crippen LogP contribution in [0.15, 0.2) is 54.6 Å². The third kappa shape index (κ3) is 5.28. The van der Waals surface area contributed by atoms with Crippen molar-refractivity contribution in [3.05, 3.63) is 65.7 Å². The van der Waals surface area contributed by atoms with Gasteiger partial charge in [0.2, 0.25) is 0 Å². The summed E-state index contributed by atoms with van der Waals surface area (Å²) in [5, 5.41) is 0. The molecular weight excluding hydrogens is 366 g/mol. The minimum absolute atomic E-state index is 0.0555. The fourth-order valence-corrected chi connectivity index (χ4v) is 3.49. The van der Waals surface area contributed by atoms with Crippen LogP contribution >= 0.6 is 0 Å². The zero-order chi connectivity index (χ0) is 20.6. The van der Waals surface area contributed by atoms with Gasteiger partial charge in [0, 0.05) is 50.5 Å². The summed E-state index contributed by atoms with van der Waals surface area (Å²) in [4.78, 5) is 30.7. The van der Waals surface area contributed by atoms with Gasteiger partial charge in [0.15, 0.2) is 0 Å². The number of benzene rings is 2. The molecule has 0 bridgehead atoms. The molecule has 0 atom stereocenters. The zero-order valence-corrected chi connectivity index (χ0v) is 17.2. The van der Waals surface area contributed by atoms with Crippen LogP contribution in [0.25, 0.3) is 0 Å². The summed E-state index contributed by atoms with van der Waals surface area (Å²) in [6.07, 6.45) is -0.279. The molecule has 2 amide bonds. The van der Waals surface area contributed by atoms with E-state index in [0.29, 0.717) is 44.8 Å². The van der Waals surface area contributed by atoms with Gasteiger partial charge < -0.3 is 19.4 Å². The maximum absolute atomic E-state index is 12.6. The van der Waals surface area contributed by atoms with Crippen LogP contribution in [0.2, 0.25) is 0 Å². The first-order valence-corrected chi connectivity index (χ1v) is 10.2. The molecule has 2 aromatic rings. The van der Waals surface area contributed by atoms with Crippen LogP contribution in [0.4, 0.5) is 10.5 Å². The van der Waals surface area contributed by atoms with E-state index in [9.17, 15) is 9.59 Å². The highest BCUT2D eigenvalue weighted by Gasteiger charge is 2.23. The Balaban J connectivity index is 1.54. The molecule has 2 aromatic carbocycles. The molecule has 6 heteroatoms. The highest BCUT2D eigenvalue weighted by molar-refractivity contribution is 5.95. The van der Waals surface area contributed by atoms with Gasteiger partial charge in [-0.05, 0) is 37.6 Å². The molecule has 3 rings (SSSR count).